The molecule has 0 saturated carbocycles. The number of ether oxygens (including phenoxy) is 1. The summed E-state index contributed by atoms with van der Waals surface area (Å²) in [4.78, 5) is 18.2. The first kappa shape index (κ1) is 24.8. The molecule has 5 rings (SSSR count). The minimum atomic E-state index is -0.547. The number of benzene rings is 3. The Kier molecular flexibility index (Phi) is 6.84. The Bertz CT molecular complexity index is 1510. The van der Waals surface area contributed by atoms with Crippen LogP contribution in [-0.2, 0) is 11.4 Å². The third-order valence-corrected chi connectivity index (χ3v) is 7.17. The topological polar surface area (TPSA) is 81.1 Å². The lowest BCUT2D eigenvalue weighted by atomic mass is 9.94. The molecule has 0 radical (unpaired) electrons. The number of nitrogens with zero attached hydrogens (tertiary/aromatic N) is 3. The van der Waals surface area contributed by atoms with Crippen molar-refractivity contribution in [1.82, 2.24) is 14.8 Å². The number of amides is 1. The average Bonchev–Trinajstić information content (AvgIpc) is 3.34. The lowest BCUT2D eigenvalue weighted by Crippen LogP contribution is -2.32. The monoisotopic (exact) mass is 557 g/mol. The van der Waals surface area contributed by atoms with E-state index in [9.17, 15) is 4.79 Å². The van der Waals surface area contributed by atoms with Crippen LogP contribution in [-0.4, -0.2) is 20.7 Å². The lowest BCUT2D eigenvalue weighted by Gasteiger charge is -2.30. The van der Waals surface area contributed by atoms with Crippen LogP contribution in [0, 0.1) is 20.8 Å². The number of fused-ring (bicyclic) bond motifs is 1. The second-order valence-electron chi connectivity index (χ2n) is 9.25. The Labute approximate surface area is 224 Å². The molecule has 37 heavy (non-hydrogen) atoms. The van der Waals surface area contributed by atoms with E-state index in [-0.39, 0.29) is 5.91 Å². The molecule has 0 aliphatic carbocycles. The summed E-state index contributed by atoms with van der Waals surface area (Å²) in [5.74, 6) is 1.02. The molecule has 1 aliphatic heterocycles. The minimum absolute atomic E-state index is 0.214. The highest BCUT2D eigenvalue weighted by Gasteiger charge is 2.35. The number of rotatable bonds is 6. The summed E-state index contributed by atoms with van der Waals surface area (Å²) < 4.78 is 8.92. The number of carbonyl (C=O) groups excluding carboxylic acids is 1. The normalized spacial score (nSPS) is 14.7. The Morgan fingerprint density at radius 1 is 1.08 bits per heavy atom. The zero-order valence-corrected chi connectivity index (χ0v) is 22.8. The van der Waals surface area contributed by atoms with Crippen molar-refractivity contribution in [3.63, 3.8) is 0 Å². The van der Waals surface area contributed by atoms with Crippen LogP contribution in [0.15, 0.2) is 82.7 Å². The number of anilines is 2. The summed E-state index contributed by atoms with van der Waals surface area (Å²) in [5, 5.41) is 10.8. The molecule has 0 bridgehead atoms. The van der Waals surface area contributed by atoms with Gasteiger partial charge in [0.15, 0.2) is 0 Å². The van der Waals surface area contributed by atoms with Gasteiger partial charge in [0.05, 0.1) is 5.57 Å². The van der Waals surface area contributed by atoms with E-state index in [0.717, 1.165) is 32.4 Å². The quantitative estimate of drug-likeness (QED) is 0.284. The van der Waals surface area contributed by atoms with Crippen molar-refractivity contribution in [2.24, 2.45) is 0 Å². The van der Waals surface area contributed by atoms with E-state index >= 15 is 0 Å². The molecule has 1 aliphatic rings. The number of aryl methyl sites for hydroxylation is 2. The Morgan fingerprint density at radius 3 is 2.65 bits per heavy atom. The number of carbonyl (C=O) groups is 1. The van der Waals surface area contributed by atoms with Crippen LogP contribution in [0.5, 0.6) is 5.75 Å². The fourth-order valence-corrected chi connectivity index (χ4v) is 4.84. The molecule has 188 valence electrons. The molecule has 7 nitrogen and oxygen atoms in total. The van der Waals surface area contributed by atoms with Crippen LogP contribution in [0.25, 0.3) is 0 Å². The van der Waals surface area contributed by atoms with Crippen molar-refractivity contribution in [1.29, 1.82) is 0 Å². The van der Waals surface area contributed by atoms with Crippen molar-refractivity contribution in [2.75, 3.05) is 10.6 Å². The van der Waals surface area contributed by atoms with E-state index in [1.807, 2.05) is 57.2 Å². The number of hydrogen-bond acceptors (Lipinski definition) is 5. The second-order valence-corrected chi connectivity index (χ2v) is 10.2. The highest BCUT2D eigenvalue weighted by Crippen LogP contribution is 2.40. The fourth-order valence-electron chi connectivity index (χ4n) is 4.46. The van der Waals surface area contributed by atoms with Crippen LogP contribution < -0.4 is 15.4 Å². The molecule has 0 fully saturated rings. The maximum absolute atomic E-state index is 13.8. The molecule has 4 aromatic rings. The van der Waals surface area contributed by atoms with Gasteiger partial charge in [0.2, 0.25) is 5.95 Å². The summed E-state index contributed by atoms with van der Waals surface area (Å²) in [5.41, 5.74) is 7.22. The SMILES string of the molecule is CC1=C(C(=O)Nc2cccc(C)c2C)C(c2cc(Br)ccc2OCc2ccc(C)cc2)n2ncnc2N1. The van der Waals surface area contributed by atoms with Crippen LogP contribution in [0.4, 0.5) is 11.6 Å². The predicted molar refractivity (Wildman–Crippen MR) is 149 cm³/mol. The number of hydrogen-bond donors (Lipinski definition) is 2. The van der Waals surface area contributed by atoms with Gasteiger partial charge in [0, 0.05) is 21.4 Å². The molecular formula is C29H28BrN5O2. The van der Waals surface area contributed by atoms with Gasteiger partial charge in [-0.15, -0.1) is 0 Å². The maximum Gasteiger partial charge on any atom is 0.255 e. The molecule has 8 heteroatoms. The van der Waals surface area contributed by atoms with Crippen LogP contribution in [0.3, 0.4) is 0 Å². The largest absolute Gasteiger partial charge is 0.489 e. The molecule has 1 atom stereocenters. The van der Waals surface area contributed by atoms with Gasteiger partial charge in [-0.3, -0.25) is 4.79 Å². The van der Waals surface area contributed by atoms with Gasteiger partial charge in [-0.25, -0.2) is 4.68 Å². The number of halogens is 1. The minimum Gasteiger partial charge on any atom is -0.489 e. The van der Waals surface area contributed by atoms with E-state index in [4.69, 9.17) is 4.74 Å². The zero-order valence-electron chi connectivity index (χ0n) is 21.2. The van der Waals surface area contributed by atoms with Gasteiger partial charge in [0.1, 0.15) is 24.7 Å². The maximum atomic E-state index is 13.8. The van der Waals surface area contributed by atoms with E-state index < -0.39 is 6.04 Å². The molecule has 3 aromatic carbocycles. The highest BCUT2D eigenvalue weighted by atomic mass is 79.9. The third kappa shape index (κ3) is 5.02. The summed E-state index contributed by atoms with van der Waals surface area (Å²) in [6.07, 6.45) is 1.49. The average molecular weight is 558 g/mol. The van der Waals surface area contributed by atoms with Crippen LogP contribution in [0.2, 0.25) is 0 Å². The third-order valence-electron chi connectivity index (χ3n) is 6.67. The van der Waals surface area contributed by atoms with Crippen molar-refractivity contribution in [3.05, 3.63) is 111 Å². The highest BCUT2D eigenvalue weighted by molar-refractivity contribution is 9.10. The zero-order chi connectivity index (χ0) is 26.1. The Morgan fingerprint density at radius 2 is 1.86 bits per heavy atom. The molecular weight excluding hydrogens is 530 g/mol. The first-order chi connectivity index (χ1) is 17.8. The number of allylic oxidation sites excluding steroid dienone is 1. The molecule has 1 unspecified atom stereocenters. The molecule has 2 N–H and O–H groups in total. The van der Waals surface area contributed by atoms with Crippen molar-refractivity contribution < 1.29 is 9.53 Å². The van der Waals surface area contributed by atoms with Gasteiger partial charge < -0.3 is 15.4 Å². The number of nitrogens with one attached hydrogen (secondary N) is 2. The van der Waals surface area contributed by atoms with Gasteiger partial charge in [-0.1, -0.05) is 57.9 Å². The molecule has 1 amide bonds. The van der Waals surface area contributed by atoms with Gasteiger partial charge in [0.25, 0.3) is 5.91 Å². The second kappa shape index (κ2) is 10.2. The van der Waals surface area contributed by atoms with Crippen molar-refractivity contribution in [2.45, 2.75) is 40.3 Å². The van der Waals surface area contributed by atoms with Crippen molar-refractivity contribution in [3.8, 4) is 5.75 Å². The van der Waals surface area contributed by atoms with Crippen LogP contribution in [0.1, 0.15) is 40.8 Å². The van der Waals surface area contributed by atoms with Gasteiger partial charge in [-0.2, -0.15) is 10.1 Å². The lowest BCUT2D eigenvalue weighted by molar-refractivity contribution is -0.113. The van der Waals surface area contributed by atoms with E-state index in [1.54, 1.807) is 4.68 Å². The number of aromatic nitrogens is 3. The molecule has 0 saturated heterocycles. The van der Waals surface area contributed by atoms with Gasteiger partial charge >= 0.3 is 0 Å². The Balaban J connectivity index is 1.55. The van der Waals surface area contributed by atoms with Gasteiger partial charge in [-0.05, 0) is 68.7 Å². The summed E-state index contributed by atoms with van der Waals surface area (Å²) >= 11 is 3.61. The standard InChI is InChI=1S/C29H28BrN5O2/c1-17-8-10-21(11-9-17)15-37-25-13-12-22(30)14-23(25)27-26(20(4)33-29-31-16-32-35(27)29)28(36)34-24-7-5-6-18(2)19(24)3/h5-14,16,27H,15H2,1-4H3,(H,34,36)(H,31,32,33). The molecule has 2 heterocycles. The van der Waals surface area contributed by atoms with Crippen LogP contribution >= 0.6 is 15.9 Å². The summed E-state index contributed by atoms with van der Waals surface area (Å²) in [7, 11) is 0. The fraction of sp³-hybridized carbons (Fsp3) is 0.207. The molecule has 0 spiro atoms. The Hall–Kier alpha value is -3.91. The molecule has 1 aromatic heterocycles. The summed E-state index contributed by atoms with van der Waals surface area (Å²) in [6, 6.07) is 19.4. The van der Waals surface area contributed by atoms with E-state index in [0.29, 0.717) is 29.6 Å². The summed E-state index contributed by atoms with van der Waals surface area (Å²) in [6.45, 7) is 8.37. The van der Waals surface area contributed by atoms with Crippen molar-refractivity contribution >= 4 is 33.5 Å². The first-order valence-electron chi connectivity index (χ1n) is 12.0. The smallest absolute Gasteiger partial charge is 0.255 e. The first-order valence-corrected chi connectivity index (χ1v) is 12.8. The van der Waals surface area contributed by atoms with E-state index in [2.05, 4.69) is 67.8 Å². The van der Waals surface area contributed by atoms with E-state index in [1.165, 1.54) is 11.9 Å². The predicted octanol–water partition coefficient (Wildman–Crippen LogP) is 6.47.